The predicted molar refractivity (Wildman–Crippen MR) is 47.1 cm³/mol. The van der Waals surface area contributed by atoms with Crippen LogP contribution in [0, 0.1) is 0 Å². The van der Waals surface area contributed by atoms with Crippen molar-refractivity contribution in [3.63, 3.8) is 0 Å². The van der Waals surface area contributed by atoms with Gasteiger partial charge in [-0.1, -0.05) is 0 Å². The highest BCUT2D eigenvalue weighted by Gasteiger charge is 2.01. The van der Waals surface area contributed by atoms with E-state index in [0.29, 0.717) is 0 Å². The van der Waals surface area contributed by atoms with Crippen LogP contribution in [-0.2, 0) is 13.5 Å². The number of tetrazole rings is 1. The van der Waals surface area contributed by atoms with Crippen LogP contribution < -0.4 is 0 Å². The van der Waals surface area contributed by atoms with Gasteiger partial charge in [0, 0.05) is 11.8 Å². The second-order valence-corrected chi connectivity index (χ2v) is 3.61. The molecule has 4 nitrogen and oxygen atoms in total. The summed E-state index contributed by atoms with van der Waals surface area (Å²) in [5.74, 6) is 0.801. The quantitative estimate of drug-likeness (QED) is 0.667. The van der Waals surface area contributed by atoms with Crippen LogP contribution in [0.4, 0.5) is 0 Å². The third-order valence-electron chi connectivity index (χ3n) is 1.55. The van der Waals surface area contributed by atoms with Crippen molar-refractivity contribution in [1.29, 1.82) is 0 Å². The fourth-order valence-corrected chi connectivity index (χ4v) is 1.12. The van der Waals surface area contributed by atoms with E-state index in [1.807, 2.05) is 6.92 Å². The lowest BCUT2D eigenvalue weighted by Gasteiger charge is -1.98. The lowest BCUT2D eigenvalue weighted by Crippen LogP contribution is -1.96. The molecule has 12 heavy (non-hydrogen) atoms. The number of aromatic nitrogens is 4. The minimum absolute atomic E-state index is 0.238. The van der Waals surface area contributed by atoms with E-state index in [-0.39, 0.29) is 5.38 Å². The van der Waals surface area contributed by atoms with Crippen LogP contribution in [0.2, 0.25) is 0 Å². The predicted octanol–water partition coefficient (Wildman–Crippen LogP) is 1.16. The van der Waals surface area contributed by atoms with Crippen molar-refractivity contribution in [2.75, 3.05) is 0 Å². The molecule has 5 heteroatoms. The summed E-state index contributed by atoms with van der Waals surface area (Å²) in [7, 11) is 1.76. The highest BCUT2D eigenvalue weighted by molar-refractivity contribution is 6.20. The normalized spacial score (nSPS) is 13.2. The van der Waals surface area contributed by atoms with Gasteiger partial charge in [-0.3, -0.25) is 0 Å². The summed E-state index contributed by atoms with van der Waals surface area (Å²) in [5, 5.41) is 11.9. The van der Waals surface area contributed by atoms with Crippen molar-refractivity contribution in [3.05, 3.63) is 5.82 Å². The Morgan fingerprint density at radius 1 is 1.58 bits per heavy atom. The van der Waals surface area contributed by atoms with Gasteiger partial charge < -0.3 is 0 Å². The molecule has 0 radical (unpaired) electrons. The van der Waals surface area contributed by atoms with Gasteiger partial charge >= 0.3 is 0 Å². The van der Waals surface area contributed by atoms with Crippen LogP contribution in [-0.4, -0.2) is 25.6 Å². The molecule has 0 aliphatic rings. The van der Waals surface area contributed by atoms with Crippen molar-refractivity contribution in [3.8, 4) is 0 Å². The molecule has 68 valence electrons. The molecule has 0 bridgehead atoms. The summed E-state index contributed by atoms with van der Waals surface area (Å²) in [5.41, 5.74) is 0. The molecule has 0 aliphatic heterocycles. The van der Waals surface area contributed by atoms with Crippen LogP contribution in [0.15, 0.2) is 0 Å². The second-order valence-electron chi connectivity index (χ2n) is 2.87. The Hall–Kier alpha value is -0.640. The molecule has 0 aliphatic carbocycles. The van der Waals surface area contributed by atoms with Crippen LogP contribution >= 0.6 is 11.6 Å². The highest BCUT2D eigenvalue weighted by atomic mass is 35.5. The average molecular weight is 189 g/mol. The molecule has 0 saturated carbocycles. The summed E-state index contributed by atoms with van der Waals surface area (Å²) in [6, 6.07) is 0. The molecular weight excluding hydrogens is 176 g/mol. The zero-order valence-electron chi connectivity index (χ0n) is 7.37. The smallest absolute Gasteiger partial charge is 0.167 e. The van der Waals surface area contributed by atoms with Crippen LogP contribution in [0.3, 0.4) is 0 Å². The van der Waals surface area contributed by atoms with Crippen molar-refractivity contribution < 1.29 is 0 Å². The zero-order valence-corrected chi connectivity index (χ0v) is 8.12. The van der Waals surface area contributed by atoms with Gasteiger partial charge in [0.25, 0.3) is 0 Å². The number of nitrogens with zero attached hydrogens (tertiary/aromatic N) is 4. The number of hydrogen-bond donors (Lipinski definition) is 0. The molecule has 1 rings (SSSR count). The van der Waals surface area contributed by atoms with E-state index in [4.69, 9.17) is 11.6 Å². The zero-order chi connectivity index (χ0) is 8.97. The monoisotopic (exact) mass is 188 g/mol. The first-order valence-electron chi connectivity index (χ1n) is 4.05. The molecule has 1 heterocycles. The van der Waals surface area contributed by atoms with Crippen LogP contribution in [0.25, 0.3) is 0 Å². The number of halogens is 1. The number of aryl methyl sites for hydroxylation is 2. The van der Waals surface area contributed by atoms with Crippen molar-refractivity contribution >= 4 is 11.6 Å². The van der Waals surface area contributed by atoms with Gasteiger partial charge in [0.2, 0.25) is 0 Å². The average Bonchev–Trinajstić information content (AvgIpc) is 2.35. The first-order valence-corrected chi connectivity index (χ1v) is 4.49. The van der Waals surface area contributed by atoms with Gasteiger partial charge in [0.15, 0.2) is 5.82 Å². The minimum atomic E-state index is 0.238. The fraction of sp³-hybridized carbons (Fsp3) is 0.857. The van der Waals surface area contributed by atoms with Gasteiger partial charge in [-0.2, -0.15) is 4.80 Å². The minimum Gasteiger partial charge on any atom is -0.167 e. The van der Waals surface area contributed by atoms with E-state index in [2.05, 4.69) is 15.4 Å². The third kappa shape index (κ3) is 3.17. The first kappa shape index (κ1) is 9.45. The maximum Gasteiger partial charge on any atom is 0.174 e. The Morgan fingerprint density at radius 2 is 2.33 bits per heavy atom. The lowest BCUT2D eigenvalue weighted by atomic mass is 10.2. The largest absolute Gasteiger partial charge is 0.174 e. The molecule has 1 atom stereocenters. The van der Waals surface area contributed by atoms with Crippen molar-refractivity contribution in [1.82, 2.24) is 20.2 Å². The Morgan fingerprint density at radius 3 is 2.83 bits per heavy atom. The lowest BCUT2D eigenvalue weighted by molar-refractivity contribution is 0.624. The Bertz CT molecular complexity index is 233. The summed E-state index contributed by atoms with van der Waals surface area (Å²) in [6.45, 7) is 1.99. The molecule has 0 spiro atoms. The van der Waals surface area contributed by atoms with Crippen LogP contribution in [0.5, 0.6) is 0 Å². The summed E-state index contributed by atoms with van der Waals surface area (Å²) in [6.07, 6.45) is 2.89. The standard InChI is InChI=1S/C7H13ClN4/c1-6(8)4-3-5-7-9-11-12(2)10-7/h6H,3-5H2,1-2H3. The van der Waals surface area contributed by atoms with Gasteiger partial charge in [-0.25, -0.2) is 0 Å². The van der Waals surface area contributed by atoms with Crippen LogP contribution in [0.1, 0.15) is 25.6 Å². The molecule has 1 aromatic heterocycles. The molecule has 1 aromatic rings. The second kappa shape index (κ2) is 4.40. The van der Waals surface area contributed by atoms with E-state index < -0.39 is 0 Å². The molecule has 0 N–H and O–H groups in total. The highest BCUT2D eigenvalue weighted by Crippen LogP contribution is 2.05. The van der Waals surface area contributed by atoms with E-state index in [9.17, 15) is 0 Å². The van der Waals surface area contributed by atoms with Gasteiger partial charge in [-0.05, 0) is 25.0 Å². The molecule has 0 fully saturated rings. The van der Waals surface area contributed by atoms with E-state index >= 15 is 0 Å². The molecule has 1 unspecified atom stereocenters. The van der Waals surface area contributed by atoms with E-state index in [0.717, 1.165) is 25.1 Å². The Labute approximate surface area is 76.9 Å². The van der Waals surface area contributed by atoms with Gasteiger partial charge in [-0.15, -0.1) is 21.8 Å². The van der Waals surface area contributed by atoms with Gasteiger partial charge in [0.1, 0.15) is 0 Å². The molecule has 0 saturated heterocycles. The fourth-order valence-electron chi connectivity index (χ4n) is 0.965. The van der Waals surface area contributed by atoms with Crippen molar-refractivity contribution in [2.45, 2.75) is 31.6 Å². The number of rotatable bonds is 4. The maximum absolute atomic E-state index is 5.79. The van der Waals surface area contributed by atoms with Crippen molar-refractivity contribution in [2.24, 2.45) is 7.05 Å². The number of alkyl halides is 1. The Kier molecular flexibility index (Phi) is 3.47. The summed E-state index contributed by atoms with van der Waals surface area (Å²) >= 11 is 5.79. The number of hydrogen-bond acceptors (Lipinski definition) is 3. The third-order valence-corrected chi connectivity index (χ3v) is 1.77. The summed E-state index contributed by atoms with van der Waals surface area (Å²) < 4.78 is 0. The molecule has 0 amide bonds. The van der Waals surface area contributed by atoms with E-state index in [1.165, 1.54) is 4.80 Å². The SMILES string of the molecule is CC(Cl)CCCc1nnn(C)n1. The van der Waals surface area contributed by atoms with E-state index in [1.54, 1.807) is 7.05 Å². The first-order chi connectivity index (χ1) is 5.68. The molecular formula is C7H13ClN4. The summed E-state index contributed by atoms with van der Waals surface area (Å²) in [4.78, 5) is 1.47. The van der Waals surface area contributed by atoms with Gasteiger partial charge in [0.05, 0.1) is 7.05 Å². The maximum atomic E-state index is 5.79. The topological polar surface area (TPSA) is 43.6 Å². The molecule has 0 aromatic carbocycles. The Balaban J connectivity index is 2.24.